The number of aryl methyl sites for hydroxylation is 1. The van der Waals surface area contributed by atoms with Gasteiger partial charge in [-0.05, 0) is 17.7 Å². The van der Waals surface area contributed by atoms with E-state index < -0.39 is 28.4 Å². The number of nitro groups is 1. The summed E-state index contributed by atoms with van der Waals surface area (Å²) in [5.74, 6) is -1.17. The lowest BCUT2D eigenvalue weighted by Gasteiger charge is -2.12. The predicted octanol–water partition coefficient (Wildman–Crippen LogP) is 0.931. The molecule has 1 unspecified atom stereocenters. The Morgan fingerprint density at radius 2 is 2.14 bits per heavy atom. The minimum atomic E-state index is -1.06. The van der Waals surface area contributed by atoms with Crippen LogP contribution in [0.15, 0.2) is 30.5 Å². The highest BCUT2D eigenvalue weighted by Gasteiger charge is 2.25. The largest absolute Gasteiger partial charge is 0.387 e. The van der Waals surface area contributed by atoms with E-state index in [0.29, 0.717) is 5.56 Å². The molecular formula is C13H13FN4O4. The molecule has 2 aromatic rings. The summed E-state index contributed by atoms with van der Waals surface area (Å²) in [7, 11) is 1.40. The van der Waals surface area contributed by atoms with E-state index in [2.05, 4.69) is 10.4 Å². The Balaban J connectivity index is 2.05. The van der Waals surface area contributed by atoms with Gasteiger partial charge in [0.2, 0.25) is 5.69 Å². The number of amides is 1. The van der Waals surface area contributed by atoms with Crippen LogP contribution in [0.2, 0.25) is 0 Å². The Kier molecular flexibility index (Phi) is 4.47. The van der Waals surface area contributed by atoms with Crippen LogP contribution in [-0.2, 0) is 7.05 Å². The molecule has 1 aromatic heterocycles. The fourth-order valence-electron chi connectivity index (χ4n) is 1.90. The molecule has 1 atom stereocenters. The van der Waals surface area contributed by atoms with Gasteiger partial charge in [0.1, 0.15) is 12.0 Å². The van der Waals surface area contributed by atoms with E-state index >= 15 is 0 Å². The minimum absolute atomic E-state index is 0.174. The number of hydrogen-bond acceptors (Lipinski definition) is 5. The third-order valence-corrected chi connectivity index (χ3v) is 3.04. The summed E-state index contributed by atoms with van der Waals surface area (Å²) in [5.41, 5.74) is -0.214. The number of hydrogen-bond donors (Lipinski definition) is 2. The molecule has 1 amide bonds. The number of benzene rings is 1. The van der Waals surface area contributed by atoms with Crippen molar-refractivity contribution in [3.05, 3.63) is 57.7 Å². The number of aliphatic hydroxyl groups is 1. The molecular weight excluding hydrogens is 295 g/mol. The molecule has 0 spiro atoms. The van der Waals surface area contributed by atoms with Crippen molar-refractivity contribution < 1.29 is 19.2 Å². The van der Waals surface area contributed by atoms with Crippen LogP contribution in [0.3, 0.4) is 0 Å². The number of aromatic nitrogens is 2. The van der Waals surface area contributed by atoms with Gasteiger partial charge in [0.25, 0.3) is 5.91 Å². The molecule has 9 heteroatoms. The van der Waals surface area contributed by atoms with Crippen LogP contribution in [0.25, 0.3) is 0 Å². The Morgan fingerprint density at radius 1 is 1.50 bits per heavy atom. The van der Waals surface area contributed by atoms with Gasteiger partial charge in [0, 0.05) is 13.6 Å². The summed E-state index contributed by atoms with van der Waals surface area (Å²) in [6, 6.07) is 5.15. The highest BCUT2D eigenvalue weighted by atomic mass is 19.1. The molecule has 116 valence electrons. The van der Waals surface area contributed by atoms with Crippen LogP contribution in [0.4, 0.5) is 10.1 Å². The molecule has 0 saturated carbocycles. The van der Waals surface area contributed by atoms with Crippen molar-refractivity contribution in [3.63, 3.8) is 0 Å². The molecule has 0 aliphatic rings. The number of carbonyl (C=O) groups is 1. The van der Waals surface area contributed by atoms with Gasteiger partial charge >= 0.3 is 5.69 Å². The summed E-state index contributed by atoms with van der Waals surface area (Å²) in [6.45, 7) is -0.174. The fourth-order valence-corrected chi connectivity index (χ4v) is 1.90. The minimum Gasteiger partial charge on any atom is -0.387 e. The number of halogens is 1. The molecule has 8 nitrogen and oxygen atoms in total. The molecule has 0 fully saturated rings. The van der Waals surface area contributed by atoms with Crippen molar-refractivity contribution in [2.75, 3.05) is 6.54 Å². The van der Waals surface area contributed by atoms with Crippen molar-refractivity contribution in [1.29, 1.82) is 0 Å². The Bertz CT molecular complexity index is 699. The zero-order valence-electron chi connectivity index (χ0n) is 11.6. The quantitative estimate of drug-likeness (QED) is 0.630. The Morgan fingerprint density at radius 3 is 2.73 bits per heavy atom. The van der Waals surface area contributed by atoms with E-state index in [0.717, 1.165) is 10.9 Å². The second kappa shape index (κ2) is 6.31. The summed E-state index contributed by atoms with van der Waals surface area (Å²) in [4.78, 5) is 22.1. The topological polar surface area (TPSA) is 110 Å². The van der Waals surface area contributed by atoms with Crippen molar-refractivity contribution in [1.82, 2.24) is 15.1 Å². The van der Waals surface area contributed by atoms with Gasteiger partial charge in [-0.1, -0.05) is 12.1 Å². The van der Waals surface area contributed by atoms with Crippen molar-refractivity contribution in [3.8, 4) is 0 Å². The normalized spacial score (nSPS) is 12.0. The van der Waals surface area contributed by atoms with E-state index in [1.54, 1.807) is 0 Å². The molecule has 0 aliphatic carbocycles. The van der Waals surface area contributed by atoms with Gasteiger partial charge in [-0.15, -0.1) is 0 Å². The van der Waals surface area contributed by atoms with Gasteiger partial charge in [0.05, 0.1) is 11.0 Å². The number of rotatable bonds is 5. The van der Waals surface area contributed by atoms with E-state index in [1.165, 1.54) is 31.3 Å². The number of carbonyl (C=O) groups excluding carboxylic acids is 1. The number of nitrogens with one attached hydrogen (secondary N) is 1. The first-order chi connectivity index (χ1) is 10.4. The Hall–Kier alpha value is -2.81. The zero-order chi connectivity index (χ0) is 16.3. The highest BCUT2D eigenvalue weighted by molar-refractivity contribution is 5.96. The third-order valence-electron chi connectivity index (χ3n) is 3.04. The highest BCUT2D eigenvalue weighted by Crippen LogP contribution is 2.17. The monoisotopic (exact) mass is 308 g/mol. The van der Waals surface area contributed by atoms with Crippen LogP contribution in [0, 0.1) is 15.9 Å². The second-order valence-electron chi connectivity index (χ2n) is 4.54. The Labute approximate surface area is 124 Å². The van der Waals surface area contributed by atoms with Gasteiger partial charge in [0.15, 0.2) is 0 Å². The van der Waals surface area contributed by atoms with E-state index in [9.17, 15) is 24.4 Å². The maximum Gasteiger partial charge on any atom is 0.320 e. The lowest BCUT2D eigenvalue weighted by Crippen LogP contribution is -2.30. The van der Waals surface area contributed by atoms with E-state index in [4.69, 9.17) is 0 Å². The predicted molar refractivity (Wildman–Crippen MR) is 73.6 cm³/mol. The van der Waals surface area contributed by atoms with E-state index in [1.807, 2.05) is 0 Å². The first-order valence-electron chi connectivity index (χ1n) is 6.28. The van der Waals surface area contributed by atoms with Crippen LogP contribution in [0.5, 0.6) is 0 Å². The SMILES string of the molecule is Cn1ncc([N+](=O)[O-])c1C(=O)NCC(O)c1ccc(F)cc1. The van der Waals surface area contributed by atoms with Gasteiger partial charge in [-0.2, -0.15) is 5.10 Å². The standard InChI is InChI=1S/C13H13FN4O4/c1-17-12(10(6-16-17)18(21)22)13(20)15-7-11(19)8-2-4-9(14)5-3-8/h2-6,11,19H,7H2,1H3,(H,15,20). The third kappa shape index (κ3) is 3.26. The molecule has 0 bridgehead atoms. The molecule has 2 rings (SSSR count). The maximum atomic E-state index is 12.8. The molecule has 1 heterocycles. The average molecular weight is 308 g/mol. The number of aliphatic hydroxyl groups excluding tert-OH is 1. The summed E-state index contributed by atoms with van der Waals surface area (Å²) < 4.78 is 13.9. The van der Waals surface area contributed by atoms with Crippen molar-refractivity contribution in [2.24, 2.45) is 7.05 Å². The first-order valence-corrected chi connectivity index (χ1v) is 6.28. The van der Waals surface area contributed by atoms with Gasteiger partial charge < -0.3 is 10.4 Å². The smallest absolute Gasteiger partial charge is 0.320 e. The average Bonchev–Trinajstić information content (AvgIpc) is 2.87. The van der Waals surface area contributed by atoms with Crippen LogP contribution in [-0.4, -0.2) is 32.3 Å². The summed E-state index contributed by atoms with van der Waals surface area (Å²) in [5, 5.41) is 26.8. The van der Waals surface area contributed by atoms with Crippen LogP contribution < -0.4 is 5.32 Å². The fraction of sp³-hybridized carbons (Fsp3) is 0.231. The van der Waals surface area contributed by atoms with Crippen molar-refractivity contribution >= 4 is 11.6 Å². The summed E-state index contributed by atoms with van der Waals surface area (Å²) >= 11 is 0. The van der Waals surface area contributed by atoms with Crippen LogP contribution in [0.1, 0.15) is 22.2 Å². The molecule has 2 N–H and O–H groups in total. The van der Waals surface area contributed by atoms with E-state index in [-0.39, 0.29) is 12.2 Å². The molecule has 22 heavy (non-hydrogen) atoms. The molecule has 0 aliphatic heterocycles. The molecule has 0 radical (unpaired) electrons. The first kappa shape index (κ1) is 15.6. The lowest BCUT2D eigenvalue weighted by molar-refractivity contribution is -0.385. The lowest BCUT2D eigenvalue weighted by atomic mass is 10.1. The second-order valence-corrected chi connectivity index (χ2v) is 4.54. The van der Waals surface area contributed by atoms with Gasteiger partial charge in [-0.25, -0.2) is 4.39 Å². The van der Waals surface area contributed by atoms with Gasteiger partial charge in [-0.3, -0.25) is 19.6 Å². The number of nitrogens with zero attached hydrogens (tertiary/aromatic N) is 3. The van der Waals surface area contributed by atoms with Crippen molar-refractivity contribution in [2.45, 2.75) is 6.10 Å². The molecule has 0 saturated heterocycles. The molecule has 1 aromatic carbocycles. The zero-order valence-corrected chi connectivity index (χ0v) is 11.6. The maximum absolute atomic E-state index is 12.8. The van der Waals surface area contributed by atoms with Crippen LogP contribution >= 0.6 is 0 Å². The summed E-state index contributed by atoms with van der Waals surface area (Å²) in [6.07, 6.45) is -0.0810.